The van der Waals surface area contributed by atoms with E-state index in [2.05, 4.69) is 17.9 Å². The number of amides is 1. The molecule has 0 saturated heterocycles. The average Bonchev–Trinajstić information content (AvgIpc) is 2.35. The molecule has 7 heteroatoms. The number of nitrogens with two attached hydrogens (primary N) is 1. The van der Waals surface area contributed by atoms with Crippen molar-refractivity contribution in [1.82, 2.24) is 5.32 Å². The first-order chi connectivity index (χ1) is 10.0. The summed E-state index contributed by atoms with van der Waals surface area (Å²) in [5.74, 6) is -1.56. The minimum atomic E-state index is -0.877. The monoisotopic (exact) mass is 332 g/mol. The van der Waals surface area contributed by atoms with Crippen LogP contribution in [0.3, 0.4) is 0 Å². The second-order valence-corrected chi connectivity index (χ2v) is 7.12. The fraction of sp³-hybridized carbons (Fsp3) is 0.800. The van der Waals surface area contributed by atoms with Crippen LogP contribution in [0.15, 0.2) is 0 Å². The first kappa shape index (κ1) is 20.9. The molecule has 3 atom stereocenters. The van der Waals surface area contributed by atoms with Gasteiger partial charge in [0.2, 0.25) is 5.91 Å². The Morgan fingerprint density at radius 1 is 1.00 bits per heavy atom. The lowest BCUT2D eigenvalue weighted by atomic mass is 10.0. The number of hydrogen-bond donors (Lipinski definition) is 3. The minimum absolute atomic E-state index is 0.146. The third kappa shape index (κ3) is 8.38. The van der Waals surface area contributed by atoms with E-state index in [1.54, 1.807) is 6.92 Å². The highest BCUT2D eigenvalue weighted by molar-refractivity contribution is 7.81. The van der Waals surface area contributed by atoms with Gasteiger partial charge in [-0.3, -0.25) is 4.79 Å². The molecule has 1 amide bonds. The summed E-state index contributed by atoms with van der Waals surface area (Å²) in [6.07, 6.45) is 0.804. The molecule has 0 spiro atoms. The lowest BCUT2D eigenvalue weighted by Crippen LogP contribution is -2.47. The largest absolute Gasteiger partial charge is 0.390 e. The number of ether oxygens (including phenoxy) is 1. The molecule has 22 heavy (non-hydrogen) atoms. The Bertz CT molecular complexity index is 397. The van der Waals surface area contributed by atoms with Gasteiger partial charge in [-0.25, -0.2) is 9.59 Å². The van der Waals surface area contributed by atoms with Gasteiger partial charge in [0.15, 0.2) is 0 Å². The number of carbonyl (C=O) groups is 3. The molecule has 0 rings (SSSR count). The van der Waals surface area contributed by atoms with Crippen molar-refractivity contribution in [3.05, 3.63) is 0 Å². The summed E-state index contributed by atoms with van der Waals surface area (Å²) >= 11 is 4.02. The molecule has 0 radical (unpaired) electrons. The molecule has 128 valence electrons. The molecule has 0 heterocycles. The second-order valence-electron chi connectivity index (χ2n) is 6.34. The molecule has 0 bridgehead atoms. The van der Waals surface area contributed by atoms with E-state index in [0.717, 1.165) is 0 Å². The molecule has 0 aromatic heterocycles. The van der Waals surface area contributed by atoms with E-state index in [1.165, 1.54) is 0 Å². The molecule has 0 aliphatic heterocycles. The van der Waals surface area contributed by atoms with Gasteiger partial charge in [0.05, 0.1) is 5.25 Å². The topological polar surface area (TPSA) is 98.5 Å². The van der Waals surface area contributed by atoms with Crippen LogP contribution in [-0.4, -0.2) is 35.2 Å². The zero-order chi connectivity index (χ0) is 17.4. The molecule has 0 fully saturated rings. The summed E-state index contributed by atoms with van der Waals surface area (Å²) in [7, 11) is 0. The van der Waals surface area contributed by atoms with Crippen LogP contribution in [-0.2, 0) is 19.1 Å². The Morgan fingerprint density at radius 2 is 1.50 bits per heavy atom. The summed E-state index contributed by atoms with van der Waals surface area (Å²) in [6.45, 7) is 9.25. The quantitative estimate of drug-likeness (QED) is 0.353. The zero-order valence-corrected chi connectivity index (χ0v) is 14.9. The maximum absolute atomic E-state index is 12.1. The van der Waals surface area contributed by atoms with Crippen molar-refractivity contribution in [2.24, 2.45) is 17.6 Å². The zero-order valence-electron chi connectivity index (χ0n) is 14.0. The lowest BCUT2D eigenvalue weighted by Gasteiger charge is -2.20. The highest BCUT2D eigenvalue weighted by Crippen LogP contribution is 2.10. The Balaban J connectivity index is 4.75. The van der Waals surface area contributed by atoms with Crippen LogP contribution >= 0.6 is 12.6 Å². The van der Waals surface area contributed by atoms with Crippen LogP contribution in [0.4, 0.5) is 0 Å². The standard InChI is InChI=1S/C15H28N2O4S/c1-8(2)6-11(16)14(19)21-15(20)12(7-9(3)4)17-13(18)10(5)22/h8-12,22H,6-7,16H2,1-5H3,(H,17,18)/t10?,11-,12-/m0/s1. The van der Waals surface area contributed by atoms with Crippen molar-refractivity contribution in [2.45, 2.75) is 64.8 Å². The lowest BCUT2D eigenvalue weighted by molar-refractivity contribution is -0.163. The fourth-order valence-corrected chi connectivity index (χ4v) is 1.90. The highest BCUT2D eigenvalue weighted by Gasteiger charge is 2.28. The normalized spacial score (nSPS) is 15.3. The van der Waals surface area contributed by atoms with Gasteiger partial charge < -0.3 is 15.8 Å². The van der Waals surface area contributed by atoms with Crippen molar-refractivity contribution >= 4 is 30.5 Å². The summed E-state index contributed by atoms with van der Waals surface area (Å²) in [5.41, 5.74) is 5.69. The van der Waals surface area contributed by atoms with Crippen molar-refractivity contribution < 1.29 is 19.1 Å². The van der Waals surface area contributed by atoms with Crippen LogP contribution in [0.25, 0.3) is 0 Å². The molecule has 6 nitrogen and oxygen atoms in total. The highest BCUT2D eigenvalue weighted by atomic mass is 32.1. The Morgan fingerprint density at radius 3 is 1.91 bits per heavy atom. The smallest absolute Gasteiger partial charge is 0.336 e. The molecule has 0 aromatic rings. The van der Waals surface area contributed by atoms with Crippen LogP contribution in [0, 0.1) is 11.8 Å². The molecular formula is C15H28N2O4S. The molecule has 0 aliphatic carbocycles. The molecule has 3 N–H and O–H groups in total. The number of carbonyl (C=O) groups excluding carboxylic acids is 3. The van der Waals surface area contributed by atoms with Gasteiger partial charge >= 0.3 is 11.9 Å². The summed E-state index contributed by atoms with van der Waals surface area (Å²) < 4.78 is 4.81. The fourth-order valence-electron chi connectivity index (χ4n) is 1.83. The maximum atomic E-state index is 12.1. The van der Waals surface area contributed by atoms with Crippen molar-refractivity contribution in [3.8, 4) is 0 Å². The van der Waals surface area contributed by atoms with Gasteiger partial charge in [0.25, 0.3) is 0 Å². The number of nitrogens with one attached hydrogen (secondary N) is 1. The first-order valence-electron chi connectivity index (χ1n) is 7.54. The van der Waals surface area contributed by atoms with E-state index in [-0.39, 0.29) is 17.7 Å². The van der Waals surface area contributed by atoms with E-state index in [4.69, 9.17) is 10.5 Å². The van der Waals surface area contributed by atoms with Gasteiger partial charge in [0, 0.05) is 0 Å². The Kier molecular flexibility index (Phi) is 9.36. The first-order valence-corrected chi connectivity index (χ1v) is 8.05. The predicted octanol–water partition coefficient (Wildman–Crippen LogP) is 1.28. The molecular weight excluding hydrogens is 304 g/mol. The van der Waals surface area contributed by atoms with Gasteiger partial charge in [-0.1, -0.05) is 27.7 Å². The molecule has 0 aliphatic rings. The van der Waals surface area contributed by atoms with Gasteiger partial charge in [-0.15, -0.1) is 0 Å². The Labute approximate surface area is 137 Å². The van der Waals surface area contributed by atoms with E-state index in [1.807, 2.05) is 27.7 Å². The number of hydrogen-bond acceptors (Lipinski definition) is 6. The van der Waals surface area contributed by atoms with Crippen molar-refractivity contribution in [2.75, 3.05) is 0 Å². The second kappa shape index (κ2) is 9.84. The molecule has 0 aromatic carbocycles. The van der Waals surface area contributed by atoms with E-state index >= 15 is 0 Å². The van der Waals surface area contributed by atoms with E-state index < -0.39 is 29.3 Å². The maximum Gasteiger partial charge on any atom is 0.336 e. The van der Waals surface area contributed by atoms with Gasteiger partial charge in [0.1, 0.15) is 12.1 Å². The minimum Gasteiger partial charge on any atom is -0.390 e. The summed E-state index contributed by atoms with van der Waals surface area (Å²) in [6, 6.07) is -1.72. The van der Waals surface area contributed by atoms with E-state index in [0.29, 0.717) is 12.8 Å². The van der Waals surface area contributed by atoms with E-state index in [9.17, 15) is 14.4 Å². The van der Waals surface area contributed by atoms with Crippen LogP contribution < -0.4 is 11.1 Å². The Hall–Kier alpha value is -1.08. The van der Waals surface area contributed by atoms with Crippen molar-refractivity contribution in [3.63, 3.8) is 0 Å². The SMILES string of the molecule is CC(C)C[C@H](NC(=O)C(C)S)C(=O)OC(=O)[C@@H](N)CC(C)C. The third-order valence-corrected chi connectivity index (χ3v) is 3.15. The van der Waals surface area contributed by atoms with Gasteiger partial charge in [-0.05, 0) is 31.6 Å². The van der Waals surface area contributed by atoms with Crippen LogP contribution in [0.5, 0.6) is 0 Å². The summed E-state index contributed by atoms with van der Waals surface area (Å²) in [4.78, 5) is 35.6. The summed E-state index contributed by atoms with van der Waals surface area (Å²) in [5, 5.41) is 2.00. The number of esters is 2. The molecule has 1 unspecified atom stereocenters. The van der Waals surface area contributed by atoms with Crippen molar-refractivity contribution in [1.29, 1.82) is 0 Å². The van der Waals surface area contributed by atoms with Gasteiger partial charge in [-0.2, -0.15) is 12.6 Å². The van der Waals surface area contributed by atoms with Crippen LogP contribution in [0.2, 0.25) is 0 Å². The molecule has 0 saturated carbocycles. The third-order valence-electron chi connectivity index (χ3n) is 2.92. The average molecular weight is 332 g/mol. The predicted molar refractivity (Wildman–Crippen MR) is 88.4 cm³/mol. The van der Waals surface area contributed by atoms with Crippen LogP contribution in [0.1, 0.15) is 47.5 Å². The number of thiol groups is 1. The number of rotatable bonds is 8.